The molecular formula is C32H28ClFN4O4. The zero-order valence-electron chi connectivity index (χ0n) is 23.7. The quantitative estimate of drug-likeness (QED) is 0.247. The number of amides is 3. The smallest absolute Gasteiger partial charge is 0.412 e. The lowest BCUT2D eigenvalue weighted by molar-refractivity contribution is 0.0925. The van der Waals surface area contributed by atoms with Gasteiger partial charge in [-0.15, -0.1) is 0 Å². The Morgan fingerprint density at radius 3 is 2.26 bits per heavy atom. The fourth-order valence-electron chi connectivity index (χ4n) is 6.58. The van der Waals surface area contributed by atoms with Crippen LogP contribution in [0, 0.1) is 24.1 Å². The normalized spacial score (nSPS) is 18.5. The summed E-state index contributed by atoms with van der Waals surface area (Å²) in [5.41, 5.74) is 2.37. The van der Waals surface area contributed by atoms with E-state index in [0.29, 0.717) is 39.7 Å². The van der Waals surface area contributed by atoms with E-state index in [1.54, 1.807) is 43.5 Å². The van der Waals surface area contributed by atoms with Crippen LogP contribution in [0.5, 0.6) is 0 Å². The molecule has 2 atom stereocenters. The van der Waals surface area contributed by atoms with E-state index in [0.717, 1.165) is 4.90 Å². The Balaban J connectivity index is 1.51. The van der Waals surface area contributed by atoms with Gasteiger partial charge in [0.15, 0.2) is 0 Å². The van der Waals surface area contributed by atoms with Gasteiger partial charge in [-0.05, 0) is 59.9 Å². The third-order valence-electron chi connectivity index (χ3n) is 8.25. The molecule has 0 radical (unpaired) electrons. The summed E-state index contributed by atoms with van der Waals surface area (Å²) in [4.78, 5) is 50.0. The van der Waals surface area contributed by atoms with Gasteiger partial charge >= 0.3 is 6.09 Å². The Kier molecular flexibility index (Phi) is 6.34. The summed E-state index contributed by atoms with van der Waals surface area (Å²) in [6.45, 7) is 9.79. The van der Waals surface area contributed by atoms with Crippen LogP contribution < -0.4 is 9.80 Å². The first-order valence-electron chi connectivity index (χ1n) is 13.6. The van der Waals surface area contributed by atoms with Crippen LogP contribution in [0.25, 0.3) is 21.9 Å². The van der Waals surface area contributed by atoms with Gasteiger partial charge in [0.25, 0.3) is 11.8 Å². The number of benzene rings is 2. The molecule has 2 unspecified atom stereocenters. The lowest BCUT2D eigenvalue weighted by Crippen LogP contribution is -2.54. The minimum absolute atomic E-state index is 0.0197. The molecule has 0 fully saturated rings. The molecule has 42 heavy (non-hydrogen) atoms. The molecule has 3 amide bonds. The molecule has 2 aliphatic rings. The lowest BCUT2D eigenvalue weighted by Gasteiger charge is -2.46. The number of pyridine rings is 2. The molecule has 214 valence electrons. The molecule has 2 aromatic heterocycles. The number of rotatable bonds is 2. The first-order valence-corrected chi connectivity index (χ1v) is 14.0. The fraction of sp³-hybridized carbons (Fsp3) is 0.281. The number of hydrogen-bond donors (Lipinski definition) is 1. The van der Waals surface area contributed by atoms with Crippen LogP contribution in [0.1, 0.15) is 59.7 Å². The zero-order chi connectivity index (χ0) is 30.2. The van der Waals surface area contributed by atoms with Gasteiger partial charge < -0.3 is 5.11 Å². The Labute approximate surface area is 246 Å². The van der Waals surface area contributed by atoms with Crippen LogP contribution in [-0.4, -0.2) is 39.0 Å². The van der Waals surface area contributed by atoms with Gasteiger partial charge in [0.2, 0.25) is 0 Å². The Morgan fingerprint density at radius 1 is 1.02 bits per heavy atom. The summed E-state index contributed by atoms with van der Waals surface area (Å²) < 4.78 is 15.9. The average Bonchev–Trinajstić information content (AvgIpc) is 3.19. The van der Waals surface area contributed by atoms with Crippen molar-refractivity contribution in [1.29, 1.82) is 0 Å². The number of hydrogen-bond acceptors (Lipinski definition) is 5. The molecule has 0 saturated carbocycles. The number of fused-ring (bicyclic) bond motifs is 3. The van der Waals surface area contributed by atoms with Crippen LogP contribution in [0.2, 0.25) is 5.02 Å². The minimum Gasteiger partial charge on any atom is -0.465 e. The van der Waals surface area contributed by atoms with Crippen molar-refractivity contribution in [1.82, 2.24) is 9.97 Å². The van der Waals surface area contributed by atoms with Crippen LogP contribution in [0.3, 0.4) is 0 Å². The number of nitrogens with zero attached hydrogens (tertiary/aromatic N) is 4. The van der Waals surface area contributed by atoms with Crippen molar-refractivity contribution < 1.29 is 23.9 Å². The van der Waals surface area contributed by atoms with Crippen molar-refractivity contribution in [2.24, 2.45) is 11.3 Å². The number of aromatic nitrogens is 2. The van der Waals surface area contributed by atoms with Crippen molar-refractivity contribution in [3.63, 3.8) is 0 Å². The van der Waals surface area contributed by atoms with Crippen molar-refractivity contribution in [2.45, 2.75) is 47.1 Å². The molecular weight excluding hydrogens is 559 g/mol. The number of carbonyl (C=O) groups excluding carboxylic acids is 2. The molecule has 10 heteroatoms. The highest BCUT2D eigenvalue weighted by atomic mass is 35.5. The summed E-state index contributed by atoms with van der Waals surface area (Å²) >= 11 is 6.51. The maximum absolute atomic E-state index is 15.9. The number of anilines is 2. The van der Waals surface area contributed by atoms with Crippen LogP contribution in [0.15, 0.2) is 48.8 Å². The molecule has 2 aromatic carbocycles. The summed E-state index contributed by atoms with van der Waals surface area (Å²) in [6, 6.07) is 9.29. The third-order valence-corrected chi connectivity index (χ3v) is 8.62. The summed E-state index contributed by atoms with van der Waals surface area (Å²) in [5, 5.41) is 10.9. The topological polar surface area (TPSA) is 104 Å². The maximum atomic E-state index is 15.9. The van der Waals surface area contributed by atoms with E-state index in [1.807, 2.05) is 27.7 Å². The van der Waals surface area contributed by atoms with E-state index >= 15 is 4.39 Å². The molecule has 0 saturated heterocycles. The zero-order valence-corrected chi connectivity index (χ0v) is 24.5. The van der Waals surface area contributed by atoms with Crippen molar-refractivity contribution >= 4 is 51.8 Å². The number of carbonyl (C=O) groups is 3. The fourth-order valence-corrected chi connectivity index (χ4v) is 6.84. The van der Waals surface area contributed by atoms with Crippen LogP contribution in [0.4, 0.5) is 20.7 Å². The maximum Gasteiger partial charge on any atom is 0.412 e. The van der Waals surface area contributed by atoms with E-state index in [-0.39, 0.29) is 44.9 Å². The molecule has 0 bridgehead atoms. The summed E-state index contributed by atoms with van der Waals surface area (Å²) in [5.74, 6) is -1.60. The second-order valence-electron chi connectivity index (χ2n) is 12.0. The minimum atomic E-state index is -1.10. The molecule has 2 aliphatic heterocycles. The summed E-state index contributed by atoms with van der Waals surface area (Å²) in [7, 11) is 0. The second-order valence-corrected chi connectivity index (χ2v) is 12.4. The van der Waals surface area contributed by atoms with Gasteiger partial charge in [0.05, 0.1) is 27.5 Å². The molecule has 0 spiro atoms. The largest absolute Gasteiger partial charge is 0.465 e. The molecule has 4 aromatic rings. The van der Waals surface area contributed by atoms with E-state index in [9.17, 15) is 19.5 Å². The van der Waals surface area contributed by atoms with E-state index < -0.39 is 23.7 Å². The van der Waals surface area contributed by atoms with Gasteiger partial charge in [0, 0.05) is 34.9 Å². The highest BCUT2D eigenvalue weighted by molar-refractivity contribution is 6.37. The van der Waals surface area contributed by atoms with Crippen LogP contribution in [-0.2, 0) is 6.42 Å². The van der Waals surface area contributed by atoms with Gasteiger partial charge in [-0.3, -0.25) is 19.5 Å². The highest BCUT2D eigenvalue weighted by Gasteiger charge is 2.44. The Morgan fingerprint density at radius 2 is 1.67 bits per heavy atom. The molecule has 0 aliphatic carbocycles. The van der Waals surface area contributed by atoms with E-state index in [4.69, 9.17) is 11.6 Å². The molecule has 1 N–H and O–H groups in total. The third kappa shape index (κ3) is 4.06. The SMILES string of the molecule is Cc1c(-c2cc3cc(N4C(=O)c5ccccc5C4=O)ncc3c(Cl)c2F)cnc2c1N(C(=O)O)C(C(C)(C)C)C(C)C2. The Hall–Kier alpha value is -4.37. The summed E-state index contributed by atoms with van der Waals surface area (Å²) in [6.07, 6.45) is 2.37. The number of halogens is 2. The van der Waals surface area contributed by atoms with Crippen LogP contribution >= 0.6 is 11.6 Å². The number of imide groups is 1. The van der Waals surface area contributed by atoms with Crippen molar-refractivity contribution in [2.75, 3.05) is 9.80 Å². The average molecular weight is 587 g/mol. The lowest BCUT2D eigenvalue weighted by atomic mass is 9.74. The Bertz CT molecular complexity index is 1820. The predicted molar refractivity (Wildman–Crippen MR) is 159 cm³/mol. The van der Waals surface area contributed by atoms with Crippen molar-refractivity contribution in [3.05, 3.63) is 82.0 Å². The van der Waals surface area contributed by atoms with Gasteiger partial charge in [0.1, 0.15) is 11.6 Å². The molecule has 4 heterocycles. The predicted octanol–water partition coefficient (Wildman–Crippen LogP) is 7.29. The van der Waals surface area contributed by atoms with Gasteiger partial charge in [-0.25, -0.2) is 19.1 Å². The molecule has 6 rings (SSSR count). The van der Waals surface area contributed by atoms with Crippen molar-refractivity contribution in [3.8, 4) is 11.1 Å². The first kappa shape index (κ1) is 27.8. The number of carboxylic acid groups (broad SMARTS) is 1. The van der Waals surface area contributed by atoms with E-state index in [2.05, 4.69) is 9.97 Å². The standard InChI is InChI=1S/C32H28ClFN4O4/c1-15-10-23-27(38(31(41)42)28(15)32(3,4)5)16(2)21(13-35-23)20-11-17-12-24(36-14-22(17)25(33)26(20)34)37-29(39)18-8-6-7-9-19(18)30(37)40/h6-9,11-15,28H,10H2,1-5H3,(H,41,42). The van der Waals surface area contributed by atoms with Gasteiger partial charge in [-0.1, -0.05) is 51.4 Å². The van der Waals surface area contributed by atoms with E-state index in [1.165, 1.54) is 17.2 Å². The second kappa shape index (κ2) is 9.59. The monoisotopic (exact) mass is 586 g/mol. The highest BCUT2D eigenvalue weighted by Crippen LogP contribution is 2.45. The van der Waals surface area contributed by atoms with Gasteiger partial charge in [-0.2, -0.15) is 0 Å². The molecule has 8 nitrogen and oxygen atoms in total. The first-order chi connectivity index (χ1) is 19.8.